The third kappa shape index (κ3) is 2.98. The van der Waals surface area contributed by atoms with Gasteiger partial charge < -0.3 is 10.2 Å². The van der Waals surface area contributed by atoms with Gasteiger partial charge in [0.2, 0.25) is 0 Å². The van der Waals surface area contributed by atoms with Crippen LogP contribution in [0.1, 0.15) is 23.2 Å². The number of amides is 1. The molecular weight excluding hydrogens is 310 g/mol. The minimum absolute atomic E-state index is 0.109. The number of benzene rings is 2. The topological polar surface area (TPSA) is 45.2 Å². The zero-order valence-electron chi connectivity index (χ0n) is 14.5. The van der Waals surface area contributed by atoms with Gasteiger partial charge in [-0.15, -0.1) is 0 Å². The molecule has 2 heterocycles. The molecule has 1 aliphatic heterocycles. The van der Waals surface area contributed by atoms with Crippen molar-refractivity contribution >= 4 is 27.6 Å². The van der Waals surface area contributed by atoms with Crippen molar-refractivity contribution in [1.82, 2.24) is 15.2 Å². The van der Waals surface area contributed by atoms with Gasteiger partial charge in [0, 0.05) is 24.7 Å². The Morgan fingerprint density at radius 2 is 1.92 bits per heavy atom. The van der Waals surface area contributed by atoms with E-state index in [4.69, 9.17) is 0 Å². The lowest BCUT2D eigenvalue weighted by Gasteiger charge is -2.32. The standard InChI is InChI=1S/C21H23N3O/c1-22-14-15-8-11-24(12-9-15)21(25)19-13-16-5-2-3-6-17(16)18-7-4-10-23-20(18)19/h2-7,10,13,15,22H,8-9,11-12,14H2,1H3. The molecule has 0 atom stereocenters. The molecule has 0 unspecified atom stereocenters. The summed E-state index contributed by atoms with van der Waals surface area (Å²) in [4.78, 5) is 19.7. The van der Waals surface area contributed by atoms with Gasteiger partial charge >= 0.3 is 0 Å². The number of likely N-dealkylation sites (tertiary alicyclic amines) is 1. The molecule has 4 rings (SSSR count). The second kappa shape index (κ2) is 6.81. The van der Waals surface area contributed by atoms with E-state index >= 15 is 0 Å². The molecule has 1 amide bonds. The highest BCUT2D eigenvalue weighted by molar-refractivity contribution is 6.15. The van der Waals surface area contributed by atoms with Crippen LogP contribution in [-0.4, -0.2) is 42.5 Å². The Balaban J connectivity index is 1.72. The van der Waals surface area contributed by atoms with Crippen molar-refractivity contribution in [3.63, 3.8) is 0 Å². The molecule has 1 fully saturated rings. The molecule has 1 aromatic heterocycles. The zero-order valence-corrected chi connectivity index (χ0v) is 14.5. The number of carbonyl (C=O) groups excluding carboxylic acids is 1. The minimum Gasteiger partial charge on any atom is -0.339 e. The normalized spacial score (nSPS) is 15.8. The van der Waals surface area contributed by atoms with Crippen LogP contribution in [-0.2, 0) is 0 Å². The highest BCUT2D eigenvalue weighted by atomic mass is 16.2. The molecule has 3 aromatic rings. The van der Waals surface area contributed by atoms with Gasteiger partial charge in [0.15, 0.2) is 0 Å². The van der Waals surface area contributed by atoms with Gasteiger partial charge in [-0.05, 0) is 55.3 Å². The smallest absolute Gasteiger partial charge is 0.256 e. The largest absolute Gasteiger partial charge is 0.339 e. The molecule has 128 valence electrons. The Labute approximate surface area is 147 Å². The second-order valence-electron chi connectivity index (χ2n) is 6.84. The number of pyridine rings is 1. The SMILES string of the molecule is CNCC1CCN(C(=O)c2cc3ccccc3c3cccnc23)CC1. The molecule has 1 aliphatic rings. The van der Waals surface area contributed by atoms with Gasteiger partial charge in [-0.25, -0.2) is 0 Å². The number of nitrogens with one attached hydrogen (secondary N) is 1. The van der Waals surface area contributed by atoms with Crippen LogP contribution in [0.4, 0.5) is 0 Å². The summed E-state index contributed by atoms with van der Waals surface area (Å²) in [5, 5.41) is 6.54. The lowest BCUT2D eigenvalue weighted by atomic mass is 9.95. The lowest BCUT2D eigenvalue weighted by molar-refractivity contribution is 0.0693. The second-order valence-corrected chi connectivity index (χ2v) is 6.84. The van der Waals surface area contributed by atoms with Crippen LogP contribution in [0, 0.1) is 5.92 Å². The van der Waals surface area contributed by atoms with Gasteiger partial charge in [0.05, 0.1) is 11.1 Å². The molecular formula is C21H23N3O. The van der Waals surface area contributed by atoms with Crippen molar-refractivity contribution in [3.8, 4) is 0 Å². The Kier molecular flexibility index (Phi) is 4.36. The highest BCUT2D eigenvalue weighted by Gasteiger charge is 2.25. The van der Waals surface area contributed by atoms with E-state index in [1.165, 1.54) is 0 Å². The average molecular weight is 333 g/mol. The van der Waals surface area contributed by atoms with Crippen LogP contribution in [0.5, 0.6) is 0 Å². The first-order valence-corrected chi connectivity index (χ1v) is 8.98. The summed E-state index contributed by atoms with van der Waals surface area (Å²) < 4.78 is 0. The van der Waals surface area contributed by atoms with E-state index in [-0.39, 0.29) is 5.91 Å². The predicted octanol–water partition coefficient (Wildman–Crippen LogP) is 3.46. The van der Waals surface area contributed by atoms with E-state index in [2.05, 4.69) is 28.5 Å². The number of aromatic nitrogens is 1. The van der Waals surface area contributed by atoms with Crippen LogP contribution in [0.2, 0.25) is 0 Å². The van der Waals surface area contributed by atoms with E-state index < -0.39 is 0 Å². The van der Waals surface area contributed by atoms with Gasteiger partial charge in [-0.2, -0.15) is 0 Å². The van der Waals surface area contributed by atoms with Crippen LogP contribution in [0.3, 0.4) is 0 Å². The van der Waals surface area contributed by atoms with E-state index in [1.807, 2.05) is 36.2 Å². The Bertz CT molecular complexity index is 913. The highest BCUT2D eigenvalue weighted by Crippen LogP contribution is 2.29. The summed E-state index contributed by atoms with van der Waals surface area (Å²) >= 11 is 0. The Morgan fingerprint density at radius 1 is 1.16 bits per heavy atom. The predicted molar refractivity (Wildman–Crippen MR) is 102 cm³/mol. The first kappa shape index (κ1) is 16.0. The molecule has 4 nitrogen and oxygen atoms in total. The molecule has 1 N–H and O–H groups in total. The fourth-order valence-electron chi connectivity index (χ4n) is 3.89. The molecule has 2 aromatic carbocycles. The van der Waals surface area contributed by atoms with Crippen LogP contribution in [0.25, 0.3) is 21.7 Å². The Morgan fingerprint density at radius 3 is 2.72 bits per heavy atom. The maximum absolute atomic E-state index is 13.2. The third-order valence-corrected chi connectivity index (χ3v) is 5.24. The number of hydrogen-bond donors (Lipinski definition) is 1. The number of piperidine rings is 1. The molecule has 0 aliphatic carbocycles. The first-order chi connectivity index (χ1) is 12.3. The van der Waals surface area contributed by atoms with Crippen molar-refractivity contribution in [2.45, 2.75) is 12.8 Å². The quantitative estimate of drug-likeness (QED) is 0.747. The summed E-state index contributed by atoms with van der Waals surface area (Å²) in [5.74, 6) is 0.776. The number of hydrogen-bond acceptors (Lipinski definition) is 3. The monoisotopic (exact) mass is 333 g/mol. The van der Waals surface area contributed by atoms with E-state index in [9.17, 15) is 4.79 Å². The third-order valence-electron chi connectivity index (χ3n) is 5.24. The molecule has 0 spiro atoms. The van der Waals surface area contributed by atoms with Gasteiger partial charge in [-0.1, -0.05) is 30.3 Å². The summed E-state index contributed by atoms with van der Waals surface area (Å²) in [7, 11) is 1.99. The maximum Gasteiger partial charge on any atom is 0.256 e. The number of carbonyl (C=O) groups is 1. The number of nitrogens with zero attached hydrogens (tertiary/aromatic N) is 2. The van der Waals surface area contributed by atoms with Crippen molar-refractivity contribution in [3.05, 3.63) is 54.2 Å². The molecule has 1 saturated heterocycles. The molecule has 0 radical (unpaired) electrons. The van der Waals surface area contributed by atoms with E-state index in [0.717, 1.165) is 59.7 Å². The van der Waals surface area contributed by atoms with Gasteiger partial charge in [0.25, 0.3) is 5.91 Å². The summed E-state index contributed by atoms with van der Waals surface area (Å²) in [6, 6.07) is 14.2. The summed E-state index contributed by atoms with van der Waals surface area (Å²) in [5.41, 5.74) is 1.53. The van der Waals surface area contributed by atoms with Crippen LogP contribution < -0.4 is 5.32 Å². The summed E-state index contributed by atoms with van der Waals surface area (Å²) in [6.45, 7) is 2.68. The lowest BCUT2D eigenvalue weighted by Crippen LogP contribution is -2.40. The van der Waals surface area contributed by atoms with Crippen LogP contribution in [0.15, 0.2) is 48.7 Å². The van der Waals surface area contributed by atoms with Crippen molar-refractivity contribution < 1.29 is 4.79 Å². The van der Waals surface area contributed by atoms with Crippen molar-refractivity contribution in [1.29, 1.82) is 0 Å². The minimum atomic E-state index is 0.109. The molecule has 0 bridgehead atoms. The number of fused-ring (bicyclic) bond motifs is 3. The maximum atomic E-state index is 13.2. The first-order valence-electron chi connectivity index (χ1n) is 8.98. The number of rotatable bonds is 3. The molecule has 4 heteroatoms. The average Bonchev–Trinajstić information content (AvgIpc) is 2.68. The fourth-order valence-corrected chi connectivity index (χ4v) is 3.89. The Hall–Kier alpha value is -2.46. The molecule has 25 heavy (non-hydrogen) atoms. The summed E-state index contributed by atoms with van der Waals surface area (Å²) in [6.07, 6.45) is 3.89. The van der Waals surface area contributed by atoms with Crippen molar-refractivity contribution in [2.24, 2.45) is 5.92 Å². The zero-order chi connectivity index (χ0) is 17.2. The van der Waals surface area contributed by atoms with Gasteiger partial charge in [0.1, 0.15) is 0 Å². The fraction of sp³-hybridized carbons (Fsp3) is 0.333. The van der Waals surface area contributed by atoms with Crippen LogP contribution >= 0.6 is 0 Å². The van der Waals surface area contributed by atoms with Gasteiger partial charge in [-0.3, -0.25) is 9.78 Å². The van der Waals surface area contributed by atoms with Crippen molar-refractivity contribution in [2.75, 3.05) is 26.7 Å². The van der Waals surface area contributed by atoms with E-state index in [0.29, 0.717) is 5.92 Å². The van der Waals surface area contributed by atoms with E-state index in [1.54, 1.807) is 6.20 Å². The molecule has 0 saturated carbocycles.